The summed E-state index contributed by atoms with van der Waals surface area (Å²) in [6, 6.07) is 5.68. The Morgan fingerprint density at radius 3 is 2.88 bits per heavy atom. The van der Waals surface area contributed by atoms with Crippen molar-refractivity contribution in [3.05, 3.63) is 56.9 Å². The number of benzene rings is 1. The Balaban J connectivity index is 1.34. The number of esters is 1. The lowest BCUT2D eigenvalue weighted by atomic mass is 9.97. The van der Waals surface area contributed by atoms with Crippen LogP contribution in [0, 0.1) is 5.92 Å². The first-order valence-electron chi connectivity index (χ1n) is 11.1. The number of thioether (sulfide) groups is 1. The fourth-order valence-corrected chi connectivity index (χ4v) is 4.82. The predicted octanol–water partition coefficient (Wildman–Crippen LogP) is 4.46. The van der Waals surface area contributed by atoms with Gasteiger partial charge in [-0.15, -0.1) is 11.8 Å². The Morgan fingerprint density at radius 1 is 1.30 bits per heavy atom. The molecule has 1 aromatic carbocycles. The number of hydrogen-bond donors (Lipinski definition) is 1. The van der Waals surface area contributed by atoms with Gasteiger partial charge in [-0.3, -0.25) is 14.5 Å². The van der Waals surface area contributed by atoms with Crippen molar-refractivity contribution < 1.29 is 19.1 Å². The first kappa shape index (κ1) is 26.1. The van der Waals surface area contributed by atoms with Crippen molar-refractivity contribution in [2.45, 2.75) is 32.4 Å². The summed E-state index contributed by atoms with van der Waals surface area (Å²) >= 11 is 13.6. The van der Waals surface area contributed by atoms with Crippen molar-refractivity contribution in [3.63, 3.8) is 0 Å². The molecule has 1 aliphatic carbocycles. The van der Waals surface area contributed by atoms with E-state index in [0.29, 0.717) is 42.0 Å². The minimum absolute atomic E-state index is 0.0202. The van der Waals surface area contributed by atoms with E-state index >= 15 is 0 Å². The van der Waals surface area contributed by atoms with Gasteiger partial charge in [-0.2, -0.15) is 0 Å². The fraction of sp³-hybridized carbons (Fsp3) is 0.500. The lowest BCUT2D eigenvalue weighted by Gasteiger charge is -2.33. The molecule has 1 aromatic rings. The summed E-state index contributed by atoms with van der Waals surface area (Å²) in [6.45, 7) is 5.65. The van der Waals surface area contributed by atoms with Crippen LogP contribution >= 0.6 is 35.0 Å². The van der Waals surface area contributed by atoms with Crippen LogP contribution in [0.15, 0.2) is 41.3 Å². The van der Waals surface area contributed by atoms with Gasteiger partial charge in [0.15, 0.2) is 0 Å². The molecular formula is C24H30Cl2N2O4S. The summed E-state index contributed by atoms with van der Waals surface area (Å²) in [6.07, 6.45) is 7.21. The molecular weight excluding hydrogens is 483 g/mol. The number of hydrogen-bond acceptors (Lipinski definition) is 6. The van der Waals surface area contributed by atoms with Crippen molar-refractivity contribution in [1.82, 2.24) is 10.2 Å². The molecule has 1 saturated heterocycles. The molecule has 1 unspecified atom stereocenters. The van der Waals surface area contributed by atoms with Gasteiger partial charge in [-0.05, 0) is 37.0 Å². The van der Waals surface area contributed by atoms with Gasteiger partial charge in [-0.1, -0.05) is 47.5 Å². The molecule has 2 atom stereocenters. The average Bonchev–Trinajstić information content (AvgIpc) is 2.80. The topological polar surface area (TPSA) is 67.9 Å². The molecule has 3 rings (SSSR count). The molecule has 0 saturated carbocycles. The third-order valence-corrected chi connectivity index (χ3v) is 7.18. The second-order valence-electron chi connectivity index (χ2n) is 8.04. The van der Waals surface area contributed by atoms with Crippen molar-refractivity contribution in [2.75, 3.05) is 38.6 Å². The molecule has 2 aliphatic rings. The third kappa shape index (κ3) is 8.98. The van der Waals surface area contributed by atoms with Gasteiger partial charge in [0.25, 0.3) is 0 Å². The van der Waals surface area contributed by atoms with E-state index in [2.05, 4.69) is 16.3 Å². The zero-order chi connectivity index (χ0) is 23.6. The van der Waals surface area contributed by atoms with Gasteiger partial charge in [0, 0.05) is 31.1 Å². The normalized spacial score (nSPS) is 20.9. The summed E-state index contributed by atoms with van der Waals surface area (Å²) in [5, 5.41) is 4.09. The van der Waals surface area contributed by atoms with E-state index in [-0.39, 0.29) is 23.9 Å². The first-order valence-corrected chi connectivity index (χ1v) is 12.9. The number of morpholine rings is 1. The number of halogens is 2. The van der Waals surface area contributed by atoms with Gasteiger partial charge < -0.3 is 14.8 Å². The molecule has 0 radical (unpaired) electrons. The maximum absolute atomic E-state index is 12.3. The monoisotopic (exact) mass is 512 g/mol. The van der Waals surface area contributed by atoms with Crippen LogP contribution in [0.3, 0.4) is 0 Å². The number of ether oxygens (including phenoxy) is 2. The predicted molar refractivity (Wildman–Crippen MR) is 134 cm³/mol. The van der Waals surface area contributed by atoms with E-state index in [1.54, 1.807) is 0 Å². The van der Waals surface area contributed by atoms with Gasteiger partial charge in [0.1, 0.15) is 0 Å². The molecule has 180 valence electrons. The number of amides is 1. The smallest absolute Gasteiger partial charge is 0.306 e. The molecule has 6 nitrogen and oxygen atoms in total. The highest BCUT2D eigenvalue weighted by atomic mass is 35.5. The van der Waals surface area contributed by atoms with Crippen LogP contribution in [0.4, 0.5) is 0 Å². The van der Waals surface area contributed by atoms with Gasteiger partial charge in [0.2, 0.25) is 5.91 Å². The number of nitrogens with one attached hydrogen (secondary N) is 1. The lowest BCUT2D eigenvalue weighted by molar-refractivity contribution is -0.143. The molecule has 0 aromatic heterocycles. The van der Waals surface area contributed by atoms with Crippen LogP contribution < -0.4 is 5.32 Å². The minimum atomic E-state index is -0.170. The Labute approximate surface area is 209 Å². The number of allylic oxidation sites excluding steroid dienone is 3. The van der Waals surface area contributed by atoms with Crippen molar-refractivity contribution in [3.8, 4) is 0 Å². The lowest BCUT2D eigenvalue weighted by Crippen LogP contribution is -2.47. The molecule has 1 N–H and O–H groups in total. The van der Waals surface area contributed by atoms with Crippen LogP contribution in [0.1, 0.15) is 25.3 Å². The highest BCUT2D eigenvalue weighted by molar-refractivity contribution is 8.03. The Bertz CT molecular complexity index is 893. The zero-order valence-corrected chi connectivity index (χ0v) is 21.1. The quantitative estimate of drug-likeness (QED) is 0.466. The van der Waals surface area contributed by atoms with Crippen LogP contribution in [0.2, 0.25) is 10.0 Å². The van der Waals surface area contributed by atoms with Crippen LogP contribution in [0.5, 0.6) is 0 Å². The molecule has 33 heavy (non-hydrogen) atoms. The SMILES string of the molecule is CCOC(=O)CC1C=CC(SCC(=O)NC[C@H]2CN(Cc3ccc(Cl)c(Cl)c3)CCO2)=CC1. The molecule has 1 aliphatic heterocycles. The maximum atomic E-state index is 12.3. The Kier molecular flexibility index (Phi) is 10.6. The van der Waals surface area contributed by atoms with Crippen LogP contribution in [-0.2, 0) is 25.6 Å². The summed E-state index contributed by atoms with van der Waals surface area (Å²) < 4.78 is 10.8. The van der Waals surface area contributed by atoms with E-state index < -0.39 is 0 Å². The molecule has 0 bridgehead atoms. The molecule has 1 amide bonds. The number of rotatable bonds is 10. The van der Waals surface area contributed by atoms with Crippen LogP contribution in [-0.4, -0.2) is 61.5 Å². The largest absolute Gasteiger partial charge is 0.466 e. The number of carbonyl (C=O) groups excluding carboxylic acids is 2. The van der Waals surface area contributed by atoms with Crippen molar-refractivity contribution >= 4 is 46.8 Å². The summed E-state index contributed by atoms with van der Waals surface area (Å²) in [5.41, 5.74) is 1.10. The maximum Gasteiger partial charge on any atom is 0.306 e. The summed E-state index contributed by atoms with van der Waals surface area (Å²) in [5.74, 6) is 0.320. The standard InChI is InChI=1S/C24H30Cl2N2O4S/c1-2-31-24(30)12-17-3-6-20(7-4-17)33-16-23(29)27-13-19-15-28(9-10-32-19)14-18-5-8-21(25)22(26)11-18/h3,5-8,11,17,19H,2,4,9-10,12-16H2,1H3,(H,27,29)/t17?,19-/m0/s1. The highest BCUT2D eigenvalue weighted by Crippen LogP contribution is 2.27. The summed E-state index contributed by atoms with van der Waals surface area (Å²) in [7, 11) is 0. The van der Waals surface area contributed by atoms with E-state index in [1.807, 2.05) is 37.3 Å². The Morgan fingerprint density at radius 2 is 2.15 bits per heavy atom. The second kappa shape index (κ2) is 13.4. The van der Waals surface area contributed by atoms with Gasteiger partial charge >= 0.3 is 5.97 Å². The van der Waals surface area contributed by atoms with E-state index in [1.165, 1.54) is 11.8 Å². The number of nitrogens with zero attached hydrogens (tertiary/aromatic N) is 1. The fourth-order valence-electron chi connectivity index (χ4n) is 3.71. The average molecular weight is 513 g/mol. The second-order valence-corrected chi connectivity index (χ2v) is 9.90. The minimum Gasteiger partial charge on any atom is -0.466 e. The van der Waals surface area contributed by atoms with Gasteiger partial charge in [0.05, 0.1) is 41.5 Å². The molecule has 9 heteroatoms. The van der Waals surface area contributed by atoms with E-state index in [0.717, 1.165) is 36.5 Å². The zero-order valence-electron chi connectivity index (χ0n) is 18.7. The van der Waals surface area contributed by atoms with Crippen molar-refractivity contribution in [1.29, 1.82) is 0 Å². The van der Waals surface area contributed by atoms with Gasteiger partial charge in [-0.25, -0.2) is 0 Å². The Hall–Kier alpha value is -1.51. The molecule has 1 fully saturated rings. The summed E-state index contributed by atoms with van der Waals surface area (Å²) in [4.78, 5) is 27.2. The van der Waals surface area contributed by atoms with Crippen molar-refractivity contribution in [2.24, 2.45) is 5.92 Å². The van der Waals surface area contributed by atoms with E-state index in [4.69, 9.17) is 32.7 Å². The third-order valence-electron chi connectivity index (χ3n) is 5.40. The number of carbonyl (C=O) groups is 2. The van der Waals surface area contributed by atoms with E-state index in [9.17, 15) is 9.59 Å². The first-order chi connectivity index (χ1) is 15.9. The highest BCUT2D eigenvalue weighted by Gasteiger charge is 2.21. The molecule has 1 heterocycles. The van der Waals surface area contributed by atoms with Crippen LogP contribution in [0.25, 0.3) is 0 Å². The molecule has 0 spiro atoms.